The molecule has 0 saturated heterocycles. The van der Waals surface area contributed by atoms with Gasteiger partial charge in [-0.25, -0.2) is 13.8 Å². The maximum Gasteiger partial charge on any atom is 0.422 e. The number of rotatable bonds is 6. The van der Waals surface area contributed by atoms with E-state index in [4.69, 9.17) is 16.3 Å². The first-order valence-electron chi connectivity index (χ1n) is 11.2. The first-order chi connectivity index (χ1) is 17.7. The highest BCUT2D eigenvalue weighted by atomic mass is 35.5. The molecule has 4 rings (SSSR count). The number of carbonyl (C=O) groups is 1. The fourth-order valence-electron chi connectivity index (χ4n) is 4.14. The van der Waals surface area contributed by atoms with Crippen molar-refractivity contribution in [1.29, 1.82) is 0 Å². The van der Waals surface area contributed by atoms with Gasteiger partial charge in [0.15, 0.2) is 6.61 Å². The van der Waals surface area contributed by atoms with Crippen LogP contribution in [-0.2, 0) is 0 Å². The van der Waals surface area contributed by atoms with Crippen LogP contribution in [0.25, 0.3) is 11.0 Å². The van der Waals surface area contributed by atoms with Crippen molar-refractivity contribution in [2.24, 2.45) is 5.92 Å². The van der Waals surface area contributed by atoms with Gasteiger partial charge in [-0.1, -0.05) is 11.6 Å². The van der Waals surface area contributed by atoms with Crippen LogP contribution in [0.2, 0.25) is 5.02 Å². The lowest BCUT2D eigenvalue weighted by molar-refractivity contribution is -0.182. The van der Waals surface area contributed by atoms with Crippen LogP contribution in [0, 0.1) is 17.6 Å². The summed E-state index contributed by atoms with van der Waals surface area (Å²) in [5.41, 5.74) is -0.662. The van der Waals surface area contributed by atoms with Crippen LogP contribution in [0.5, 0.6) is 5.75 Å². The lowest BCUT2D eigenvalue weighted by Gasteiger charge is -2.30. The smallest absolute Gasteiger partial charge is 0.422 e. The Balaban J connectivity index is 1.60. The zero-order valence-corrected chi connectivity index (χ0v) is 19.9. The zero-order valence-electron chi connectivity index (χ0n) is 19.2. The molecule has 6 nitrogen and oxygen atoms in total. The number of anilines is 2. The largest absolute Gasteiger partial charge is 0.483 e. The first kappa shape index (κ1) is 27.7. The molecule has 1 aliphatic carbocycles. The van der Waals surface area contributed by atoms with E-state index in [-0.39, 0.29) is 48.2 Å². The fraction of sp³-hybridized carbons (Fsp3) is 0.391. The molecule has 3 aromatic rings. The van der Waals surface area contributed by atoms with Gasteiger partial charge in [0, 0.05) is 12.1 Å². The molecule has 1 aliphatic rings. The normalized spacial score (nSPS) is 18.4. The second-order valence-electron chi connectivity index (χ2n) is 8.76. The molecule has 1 saturated carbocycles. The molecule has 2 aromatic carbocycles. The van der Waals surface area contributed by atoms with Crippen molar-refractivity contribution in [2.75, 3.05) is 11.9 Å². The number of hydrogen-bond donors (Lipinski definition) is 3. The van der Waals surface area contributed by atoms with Gasteiger partial charge in [-0.2, -0.15) is 26.3 Å². The quantitative estimate of drug-likeness (QED) is 0.220. The van der Waals surface area contributed by atoms with Crippen molar-refractivity contribution in [3.63, 3.8) is 0 Å². The minimum Gasteiger partial charge on any atom is -0.483 e. The molecular weight excluding hydrogens is 552 g/mol. The molecule has 1 amide bonds. The Kier molecular flexibility index (Phi) is 7.64. The third-order valence-corrected chi connectivity index (χ3v) is 6.40. The van der Waals surface area contributed by atoms with Crippen molar-refractivity contribution in [1.82, 2.24) is 15.3 Å². The van der Waals surface area contributed by atoms with Gasteiger partial charge in [-0.15, -0.1) is 0 Å². The number of ether oxygens (including phenoxy) is 1. The van der Waals surface area contributed by atoms with Crippen molar-refractivity contribution in [3.05, 3.63) is 46.5 Å². The Morgan fingerprint density at radius 1 is 1.05 bits per heavy atom. The Bertz CT molecular complexity index is 1330. The Morgan fingerprint density at radius 2 is 1.71 bits per heavy atom. The van der Waals surface area contributed by atoms with Gasteiger partial charge in [0.05, 0.1) is 28.2 Å². The highest BCUT2D eigenvalue weighted by Gasteiger charge is 2.41. The van der Waals surface area contributed by atoms with Gasteiger partial charge >= 0.3 is 12.4 Å². The average Bonchev–Trinajstić information content (AvgIpc) is 3.23. The van der Waals surface area contributed by atoms with E-state index in [1.807, 2.05) is 0 Å². The molecule has 3 N–H and O–H groups in total. The van der Waals surface area contributed by atoms with Crippen LogP contribution in [-0.4, -0.2) is 40.9 Å². The third kappa shape index (κ3) is 6.40. The van der Waals surface area contributed by atoms with E-state index in [0.29, 0.717) is 0 Å². The Labute approximate surface area is 214 Å². The number of fused-ring (bicyclic) bond motifs is 1. The van der Waals surface area contributed by atoms with Gasteiger partial charge < -0.3 is 20.4 Å². The van der Waals surface area contributed by atoms with E-state index in [0.717, 1.165) is 24.3 Å². The van der Waals surface area contributed by atoms with Crippen LogP contribution in [0.4, 0.5) is 46.8 Å². The summed E-state index contributed by atoms with van der Waals surface area (Å²) in [7, 11) is 0. The molecule has 1 aromatic heterocycles. The SMILES string of the molecule is O=C(NC1CCC(C(F)(F)F)CC1)c1cc2nc(Nc3c(F)ccc(F)c3Cl)[nH]c2cc1OCC(F)(F)F. The van der Waals surface area contributed by atoms with Gasteiger partial charge in [-0.3, -0.25) is 4.79 Å². The molecule has 1 fully saturated rings. The van der Waals surface area contributed by atoms with E-state index < -0.39 is 64.9 Å². The standard InChI is InChI=1S/C23H19ClF8N4O2/c24-18-13(25)5-6-14(26)19(18)36-21-34-15-7-12(17(8-16(15)35-21)38-9-22(27,28)29)20(37)33-11-3-1-10(2-4-11)23(30,31)32/h5-8,10-11H,1-4,9H2,(H,33,37)(H2,34,35,36). The lowest BCUT2D eigenvalue weighted by Crippen LogP contribution is -2.40. The first-order valence-corrected chi connectivity index (χ1v) is 11.6. The predicted molar refractivity (Wildman–Crippen MR) is 122 cm³/mol. The molecular formula is C23H19ClF8N4O2. The number of amides is 1. The number of aromatic nitrogens is 2. The van der Waals surface area contributed by atoms with E-state index in [1.54, 1.807) is 0 Å². The molecule has 0 unspecified atom stereocenters. The second kappa shape index (κ2) is 10.5. The summed E-state index contributed by atoms with van der Waals surface area (Å²) in [5.74, 6) is -4.82. The number of benzene rings is 2. The lowest BCUT2D eigenvalue weighted by atomic mass is 9.85. The number of halogens is 9. The summed E-state index contributed by atoms with van der Waals surface area (Å²) in [6.45, 7) is -1.72. The molecule has 0 spiro atoms. The zero-order chi connectivity index (χ0) is 27.8. The summed E-state index contributed by atoms with van der Waals surface area (Å²) >= 11 is 5.79. The van der Waals surface area contributed by atoms with Gasteiger partial charge in [0.1, 0.15) is 22.4 Å². The number of carbonyl (C=O) groups excluding carboxylic acids is 1. The summed E-state index contributed by atoms with van der Waals surface area (Å²) in [5, 5.41) is 4.43. The molecule has 15 heteroatoms. The number of nitrogens with one attached hydrogen (secondary N) is 3. The van der Waals surface area contributed by atoms with Gasteiger partial charge in [0.25, 0.3) is 5.91 Å². The molecule has 0 radical (unpaired) electrons. The van der Waals surface area contributed by atoms with Crippen LogP contribution in [0.1, 0.15) is 36.0 Å². The number of alkyl halides is 6. The molecule has 0 bridgehead atoms. The van der Waals surface area contributed by atoms with Crippen molar-refractivity contribution < 1.29 is 44.7 Å². The number of hydrogen-bond acceptors (Lipinski definition) is 4. The number of aromatic amines is 1. The maximum absolute atomic E-state index is 14.1. The van der Waals surface area contributed by atoms with Crippen molar-refractivity contribution in [3.8, 4) is 5.75 Å². The van der Waals surface area contributed by atoms with Crippen molar-refractivity contribution >= 4 is 40.2 Å². The van der Waals surface area contributed by atoms with E-state index in [9.17, 15) is 39.9 Å². The minimum absolute atomic E-state index is 0.0351. The van der Waals surface area contributed by atoms with Crippen LogP contribution < -0.4 is 15.4 Å². The number of nitrogens with zero attached hydrogens (tertiary/aromatic N) is 1. The van der Waals surface area contributed by atoms with E-state index >= 15 is 0 Å². The van der Waals surface area contributed by atoms with E-state index in [2.05, 4.69) is 20.6 Å². The highest BCUT2D eigenvalue weighted by Crippen LogP contribution is 2.38. The Hall–Kier alpha value is -3.29. The highest BCUT2D eigenvalue weighted by molar-refractivity contribution is 6.33. The van der Waals surface area contributed by atoms with Crippen LogP contribution >= 0.6 is 11.6 Å². The third-order valence-electron chi connectivity index (χ3n) is 6.03. The minimum atomic E-state index is -4.73. The summed E-state index contributed by atoms with van der Waals surface area (Å²) in [6.07, 6.45) is -9.40. The second-order valence-corrected chi connectivity index (χ2v) is 9.14. The molecule has 0 atom stereocenters. The molecule has 38 heavy (non-hydrogen) atoms. The summed E-state index contributed by atoms with van der Waals surface area (Å²) in [4.78, 5) is 19.7. The van der Waals surface area contributed by atoms with Crippen LogP contribution in [0.15, 0.2) is 24.3 Å². The average molecular weight is 571 g/mol. The topological polar surface area (TPSA) is 79.0 Å². The molecule has 1 heterocycles. The number of H-pyrrole nitrogens is 1. The van der Waals surface area contributed by atoms with Crippen molar-refractivity contribution in [2.45, 2.75) is 44.1 Å². The van der Waals surface area contributed by atoms with Gasteiger partial charge in [0.2, 0.25) is 5.95 Å². The fourth-order valence-corrected chi connectivity index (χ4v) is 4.34. The monoisotopic (exact) mass is 570 g/mol. The predicted octanol–water partition coefficient (Wildman–Crippen LogP) is 7.03. The van der Waals surface area contributed by atoms with Crippen LogP contribution in [0.3, 0.4) is 0 Å². The molecule has 0 aliphatic heterocycles. The molecule has 206 valence electrons. The van der Waals surface area contributed by atoms with Gasteiger partial charge in [-0.05, 0) is 43.9 Å². The Morgan fingerprint density at radius 3 is 2.34 bits per heavy atom. The van der Waals surface area contributed by atoms with E-state index in [1.165, 1.54) is 0 Å². The summed E-state index contributed by atoms with van der Waals surface area (Å²) in [6, 6.07) is 3.19. The number of imidazole rings is 1. The summed E-state index contributed by atoms with van der Waals surface area (Å²) < 4.78 is 110. The maximum atomic E-state index is 14.1.